The molecule has 3 aromatic heterocycles. The van der Waals surface area contributed by atoms with Crippen LogP contribution in [0.15, 0.2) is 59.8 Å². The van der Waals surface area contributed by atoms with Crippen LogP contribution >= 0.6 is 0 Å². The Labute approximate surface area is 221 Å². The molecule has 2 aliphatic heterocycles. The monoisotopic (exact) mass is 529 g/mol. The lowest BCUT2D eigenvalue weighted by Gasteiger charge is -2.27. The van der Waals surface area contributed by atoms with Crippen molar-refractivity contribution in [2.75, 3.05) is 32.9 Å². The molecule has 12 heteroatoms. The van der Waals surface area contributed by atoms with Gasteiger partial charge in [0.2, 0.25) is 11.9 Å². The highest BCUT2D eigenvalue weighted by molar-refractivity contribution is 5.80. The molecule has 2 aliphatic rings. The minimum absolute atomic E-state index is 0.144. The Hall–Kier alpha value is -4.58. The second kappa shape index (κ2) is 9.31. The van der Waals surface area contributed by atoms with Crippen LogP contribution in [0.4, 0.5) is 4.39 Å². The summed E-state index contributed by atoms with van der Waals surface area (Å²) in [6, 6.07) is 11.5. The van der Waals surface area contributed by atoms with Gasteiger partial charge in [0.25, 0.3) is 0 Å². The van der Waals surface area contributed by atoms with Gasteiger partial charge in [0.1, 0.15) is 30.0 Å². The molecule has 39 heavy (non-hydrogen) atoms. The number of benzene rings is 2. The fraction of sp³-hybridized carbons (Fsp3) is 0.296. The largest absolute Gasteiger partial charge is 0.493 e. The van der Waals surface area contributed by atoms with E-state index in [1.165, 1.54) is 23.0 Å². The standard InChI is InChI=1S/C27H24FN7O4/c28-17-5-6-19-21(13-17)34(16-30-19)26-29-14-22-25(31-26)35(20-7-10-39-23-4-2-1-3-18(20)23)27(37)33(22)15-24(36)32-8-11-38-12-9-32/h1-6,13-14,16,20H,7-12,15H2/t20-/m1/s1. The number of hydrogen-bond donors (Lipinski definition) is 0. The fourth-order valence-electron chi connectivity index (χ4n) is 5.38. The number of ether oxygens (including phenoxy) is 2. The minimum atomic E-state index is -0.408. The Kier molecular flexibility index (Phi) is 5.62. The van der Waals surface area contributed by atoms with Crippen LogP contribution in [0, 0.1) is 5.82 Å². The highest BCUT2D eigenvalue weighted by Gasteiger charge is 2.30. The third kappa shape index (κ3) is 3.95. The molecule has 5 aromatic rings. The van der Waals surface area contributed by atoms with E-state index in [4.69, 9.17) is 14.5 Å². The molecule has 0 aliphatic carbocycles. The van der Waals surface area contributed by atoms with Gasteiger partial charge in [-0.2, -0.15) is 4.98 Å². The van der Waals surface area contributed by atoms with E-state index in [9.17, 15) is 14.0 Å². The number of carbonyl (C=O) groups is 1. The van der Waals surface area contributed by atoms with E-state index in [0.717, 1.165) is 5.56 Å². The Balaban J connectivity index is 1.41. The van der Waals surface area contributed by atoms with Crippen LogP contribution in [0.1, 0.15) is 18.0 Å². The number of carbonyl (C=O) groups excluding carboxylic acids is 1. The van der Waals surface area contributed by atoms with Gasteiger partial charge in [0, 0.05) is 31.1 Å². The van der Waals surface area contributed by atoms with Gasteiger partial charge in [-0.1, -0.05) is 18.2 Å². The van der Waals surface area contributed by atoms with Crippen molar-refractivity contribution >= 4 is 28.1 Å². The normalized spacial score (nSPS) is 17.4. The Morgan fingerprint density at radius 3 is 2.77 bits per heavy atom. The molecule has 11 nitrogen and oxygen atoms in total. The van der Waals surface area contributed by atoms with Crippen molar-refractivity contribution in [3.05, 3.63) is 76.9 Å². The van der Waals surface area contributed by atoms with Gasteiger partial charge >= 0.3 is 5.69 Å². The van der Waals surface area contributed by atoms with Crippen LogP contribution in [0.25, 0.3) is 28.1 Å². The molecule has 0 radical (unpaired) electrons. The van der Waals surface area contributed by atoms with E-state index in [2.05, 4.69) is 9.97 Å². The molecular weight excluding hydrogens is 505 g/mol. The number of morpholine rings is 1. The molecule has 2 aromatic carbocycles. The zero-order valence-corrected chi connectivity index (χ0v) is 20.9. The van der Waals surface area contributed by atoms with Crippen molar-refractivity contribution in [1.29, 1.82) is 0 Å². The zero-order valence-electron chi connectivity index (χ0n) is 20.9. The molecule has 0 N–H and O–H groups in total. The Bertz CT molecular complexity index is 1790. The predicted molar refractivity (Wildman–Crippen MR) is 138 cm³/mol. The topological polar surface area (TPSA) is 109 Å². The van der Waals surface area contributed by atoms with E-state index in [1.807, 2.05) is 24.3 Å². The first-order valence-electron chi connectivity index (χ1n) is 12.8. The average Bonchev–Trinajstić information content (AvgIpc) is 3.50. The molecule has 198 valence electrons. The van der Waals surface area contributed by atoms with Crippen molar-refractivity contribution in [3.63, 3.8) is 0 Å². The molecule has 5 heterocycles. The maximum Gasteiger partial charge on any atom is 0.331 e. The molecule has 0 bridgehead atoms. The first-order chi connectivity index (χ1) is 19.1. The first kappa shape index (κ1) is 23.5. The van der Waals surface area contributed by atoms with Gasteiger partial charge < -0.3 is 14.4 Å². The van der Waals surface area contributed by atoms with Crippen LogP contribution in [0.5, 0.6) is 5.75 Å². The minimum Gasteiger partial charge on any atom is -0.493 e. The molecule has 1 amide bonds. The van der Waals surface area contributed by atoms with E-state index < -0.39 is 5.82 Å². The maximum absolute atomic E-state index is 14.1. The van der Waals surface area contributed by atoms with Crippen molar-refractivity contribution in [3.8, 4) is 11.7 Å². The lowest BCUT2D eigenvalue weighted by Crippen LogP contribution is -2.43. The number of nitrogens with zero attached hydrogens (tertiary/aromatic N) is 7. The summed E-state index contributed by atoms with van der Waals surface area (Å²) in [7, 11) is 0. The highest BCUT2D eigenvalue weighted by Crippen LogP contribution is 2.35. The summed E-state index contributed by atoms with van der Waals surface area (Å²) < 4.78 is 29.9. The van der Waals surface area contributed by atoms with Crippen LogP contribution in [0.2, 0.25) is 0 Å². The highest BCUT2D eigenvalue weighted by atomic mass is 19.1. The predicted octanol–water partition coefficient (Wildman–Crippen LogP) is 2.30. The number of imidazole rings is 2. The van der Waals surface area contributed by atoms with Gasteiger partial charge in [-0.3, -0.25) is 18.5 Å². The van der Waals surface area contributed by atoms with Crippen LogP contribution in [-0.2, 0) is 16.1 Å². The zero-order chi connectivity index (χ0) is 26.5. The van der Waals surface area contributed by atoms with Crippen LogP contribution in [-0.4, -0.2) is 72.4 Å². The average molecular weight is 530 g/mol. The number of amides is 1. The molecule has 0 saturated carbocycles. The Morgan fingerprint density at radius 1 is 1.05 bits per heavy atom. The lowest BCUT2D eigenvalue weighted by atomic mass is 10.0. The summed E-state index contributed by atoms with van der Waals surface area (Å²) in [5.41, 5.74) is 2.40. The van der Waals surface area contributed by atoms with E-state index in [1.54, 1.807) is 26.3 Å². The fourth-order valence-corrected chi connectivity index (χ4v) is 5.38. The smallest absolute Gasteiger partial charge is 0.331 e. The maximum atomic E-state index is 14.1. The second-order valence-electron chi connectivity index (χ2n) is 9.55. The second-order valence-corrected chi connectivity index (χ2v) is 9.55. The summed E-state index contributed by atoms with van der Waals surface area (Å²) in [5, 5.41) is 0. The van der Waals surface area contributed by atoms with E-state index in [-0.39, 0.29) is 30.1 Å². The van der Waals surface area contributed by atoms with Crippen molar-refractivity contribution in [1.82, 2.24) is 33.6 Å². The SMILES string of the molecule is O=C(Cn1c(=O)n([C@@H]2CCOc3ccccc32)c2nc(-n3cnc4ccc(F)cc43)ncc21)N1CCOCC1. The number of halogens is 1. The van der Waals surface area contributed by atoms with E-state index >= 15 is 0 Å². The summed E-state index contributed by atoms with van der Waals surface area (Å²) in [6.07, 6.45) is 3.61. The molecule has 0 unspecified atom stereocenters. The summed E-state index contributed by atoms with van der Waals surface area (Å²) in [6.45, 7) is 2.17. The van der Waals surface area contributed by atoms with Gasteiger partial charge in [-0.25, -0.2) is 19.2 Å². The number of para-hydroxylation sites is 1. The molecule has 1 saturated heterocycles. The van der Waals surface area contributed by atoms with Crippen LogP contribution in [0.3, 0.4) is 0 Å². The van der Waals surface area contributed by atoms with Crippen molar-refractivity contribution < 1.29 is 18.7 Å². The van der Waals surface area contributed by atoms with E-state index in [0.29, 0.717) is 67.3 Å². The molecule has 0 spiro atoms. The quantitative estimate of drug-likeness (QED) is 0.352. The summed E-state index contributed by atoms with van der Waals surface area (Å²) in [5.74, 6) is 0.360. The van der Waals surface area contributed by atoms with Gasteiger partial charge in [0.15, 0.2) is 5.65 Å². The molecule has 7 rings (SSSR count). The summed E-state index contributed by atoms with van der Waals surface area (Å²) >= 11 is 0. The van der Waals surface area contributed by atoms with Gasteiger partial charge in [0.05, 0.1) is 43.1 Å². The third-order valence-electron chi connectivity index (χ3n) is 7.31. The van der Waals surface area contributed by atoms with Gasteiger partial charge in [-0.05, 0) is 18.2 Å². The first-order valence-corrected chi connectivity index (χ1v) is 12.8. The van der Waals surface area contributed by atoms with Crippen molar-refractivity contribution in [2.45, 2.75) is 19.0 Å². The number of hydrogen-bond acceptors (Lipinski definition) is 7. The number of fused-ring (bicyclic) bond motifs is 3. The molecule has 1 fully saturated rings. The molecule has 1 atom stereocenters. The molecular formula is C27H24FN7O4. The number of aromatic nitrogens is 6. The lowest BCUT2D eigenvalue weighted by molar-refractivity contribution is -0.135. The van der Waals surface area contributed by atoms with Crippen LogP contribution < -0.4 is 10.4 Å². The Morgan fingerprint density at radius 2 is 1.90 bits per heavy atom. The van der Waals surface area contributed by atoms with Gasteiger partial charge in [-0.15, -0.1) is 0 Å². The number of rotatable bonds is 4. The summed E-state index contributed by atoms with van der Waals surface area (Å²) in [4.78, 5) is 42.5. The van der Waals surface area contributed by atoms with Crippen molar-refractivity contribution in [2.24, 2.45) is 0 Å². The third-order valence-corrected chi connectivity index (χ3v) is 7.31.